The van der Waals surface area contributed by atoms with Gasteiger partial charge in [0.1, 0.15) is 4.99 Å². The molecule has 18 heavy (non-hydrogen) atoms. The van der Waals surface area contributed by atoms with E-state index in [1.54, 1.807) is 0 Å². The largest absolute Gasteiger partial charge is 0.389 e. The average Bonchev–Trinajstić information content (AvgIpc) is 2.58. The van der Waals surface area contributed by atoms with Crippen molar-refractivity contribution in [2.24, 2.45) is 5.73 Å². The predicted octanol–water partition coefficient (Wildman–Crippen LogP) is 2.84. The summed E-state index contributed by atoms with van der Waals surface area (Å²) in [5.74, 6) is 0. The molecule has 0 aliphatic carbocycles. The SMILES string of the molecule is Cc1nn(Cc2ccc(C(N)=S)cc2)c(C)c1Cl. The molecule has 3 nitrogen and oxygen atoms in total. The summed E-state index contributed by atoms with van der Waals surface area (Å²) in [6.45, 7) is 4.56. The molecule has 2 aromatic rings. The molecule has 2 rings (SSSR count). The molecule has 1 heterocycles. The highest BCUT2D eigenvalue weighted by Crippen LogP contribution is 2.19. The molecule has 0 aliphatic rings. The van der Waals surface area contributed by atoms with E-state index in [1.165, 1.54) is 0 Å². The van der Waals surface area contributed by atoms with Gasteiger partial charge in [-0.25, -0.2) is 0 Å². The van der Waals surface area contributed by atoms with E-state index in [0.29, 0.717) is 11.5 Å². The Balaban J connectivity index is 2.23. The van der Waals surface area contributed by atoms with Crippen LogP contribution in [-0.2, 0) is 6.54 Å². The molecular weight excluding hydrogens is 266 g/mol. The molecule has 94 valence electrons. The Kier molecular flexibility index (Phi) is 3.68. The molecule has 0 saturated heterocycles. The minimum Gasteiger partial charge on any atom is -0.389 e. The Morgan fingerprint density at radius 2 is 1.94 bits per heavy atom. The van der Waals surface area contributed by atoms with Gasteiger partial charge in [-0.2, -0.15) is 5.10 Å². The van der Waals surface area contributed by atoms with Crippen LogP contribution in [0.5, 0.6) is 0 Å². The molecular formula is C13H14ClN3S. The number of rotatable bonds is 3. The standard InChI is InChI=1S/C13H14ClN3S/c1-8-12(14)9(2)17(16-8)7-10-3-5-11(6-4-10)13(15)18/h3-6H,7H2,1-2H3,(H2,15,18). The molecule has 0 aliphatic heterocycles. The van der Waals surface area contributed by atoms with Crippen molar-refractivity contribution in [3.05, 3.63) is 51.8 Å². The van der Waals surface area contributed by atoms with Gasteiger partial charge in [-0.15, -0.1) is 0 Å². The van der Waals surface area contributed by atoms with Crippen LogP contribution < -0.4 is 5.73 Å². The molecule has 0 spiro atoms. The topological polar surface area (TPSA) is 43.8 Å². The van der Waals surface area contributed by atoms with Crippen LogP contribution in [0.4, 0.5) is 0 Å². The first-order chi connectivity index (χ1) is 8.49. The van der Waals surface area contributed by atoms with Crippen molar-refractivity contribution in [1.29, 1.82) is 0 Å². The smallest absolute Gasteiger partial charge is 0.103 e. The predicted molar refractivity (Wildman–Crippen MR) is 78.1 cm³/mol. The number of thiocarbonyl (C=S) groups is 1. The van der Waals surface area contributed by atoms with E-state index >= 15 is 0 Å². The van der Waals surface area contributed by atoms with Gasteiger partial charge in [0.25, 0.3) is 0 Å². The minimum absolute atomic E-state index is 0.413. The summed E-state index contributed by atoms with van der Waals surface area (Å²) in [5, 5.41) is 5.13. The number of hydrogen-bond donors (Lipinski definition) is 1. The van der Waals surface area contributed by atoms with Crippen molar-refractivity contribution in [1.82, 2.24) is 9.78 Å². The fraction of sp³-hybridized carbons (Fsp3) is 0.231. The second kappa shape index (κ2) is 5.08. The highest BCUT2D eigenvalue weighted by atomic mass is 35.5. The minimum atomic E-state index is 0.413. The van der Waals surface area contributed by atoms with Crippen molar-refractivity contribution < 1.29 is 0 Å². The molecule has 0 radical (unpaired) electrons. The Morgan fingerprint density at radius 3 is 2.39 bits per heavy atom. The van der Waals surface area contributed by atoms with E-state index in [1.807, 2.05) is 42.8 Å². The van der Waals surface area contributed by atoms with E-state index in [-0.39, 0.29) is 0 Å². The summed E-state index contributed by atoms with van der Waals surface area (Å²) in [5.41, 5.74) is 9.41. The van der Waals surface area contributed by atoms with Crippen LogP contribution in [0.3, 0.4) is 0 Å². The summed E-state index contributed by atoms with van der Waals surface area (Å²) in [4.78, 5) is 0.413. The van der Waals surface area contributed by atoms with E-state index in [9.17, 15) is 0 Å². The van der Waals surface area contributed by atoms with Gasteiger partial charge in [0.05, 0.1) is 23.0 Å². The van der Waals surface area contributed by atoms with Crippen molar-refractivity contribution in [3.63, 3.8) is 0 Å². The van der Waals surface area contributed by atoms with Crippen LogP contribution >= 0.6 is 23.8 Å². The Morgan fingerprint density at radius 1 is 1.33 bits per heavy atom. The zero-order valence-electron chi connectivity index (χ0n) is 10.3. The van der Waals surface area contributed by atoms with E-state index < -0.39 is 0 Å². The van der Waals surface area contributed by atoms with Gasteiger partial charge in [0.2, 0.25) is 0 Å². The quantitative estimate of drug-likeness (QED) is 0.879. The van der Waals surface area contributed by atoms with Crippen LogP contribution in [-0.4, -0.2) is 14.8 Å². The lowest BCUT2D eigenvalue weighted by Gasteiger charge is -2.05. The average molecular weight is 280 g/mol. The van der Waals surface area contributed by atoms with Crippen molar-refractivity contribution in [2.75, 3.05) is 0 Å². The zero-order valence-corrected chi connectivity index (χ0v) is 11.8. The maximum atomic E-state index is 6.11. The fourth-order valence-electron chi connectivity index (χ4n) is 1.78. The molecule has 0 amide bonds. The van der Waals surface area contributed by atoms with Gasteiger partial charge in [0.15, 0.2) is 0 Å². The van der Waals surface area contributed by atoms with Gasteiger partial charge in [-0.1, -0.05) is 48.1 Å². The lowest BCUT2D eigenvalue weighted by molar-refractivity contribution is 0.659. The second-order valence-corrected chi connectivity index (χ2v) is 5.02. The van der Waals surface area contributed by atoms with Gasteiger partial charge in [-0.05, 0) is 19.4 Å². The molecule has 1 aromatic carbocycles. The normalized spacial score (nSPS) is 10.6. The van der Waals surface area contributed by atoms with E-state index in [4.69, 9.17) is 29.6 Å². The molecule has 0 atom stereocenters. The first-order valence-corrected chi connectivity index (χ1v) is 6.36. The third-order valence-corrected chi connectivity index (χ3v) is 3.65. The lowest BCUT2D eigenvalue weighted by Crippen LogP contribution is -2.09. The number of nitrogens with zero attached hydrogens (tertiary/aromatic N) is 2. The number of benzene rings is 1. The Labute approximate surface area is 117 Å². The van der Waals surface area contributed by atoms with Crippen LogP contribution in [0.15, 0.2) is 24.3 Å². The van der Waals surface area contributed by atoms with Gasteiger partial charge < -0.3 is 5.73 Å². The van der Waals surface area contributed by atoms with E-state index in [2.05, 4.69) is 5.10 Å². The molecule has 5 heteroatoms. The van der Waals surface area contributed by atoms with Gasteiger partial charge in [-0.3, -0.25) is 4.68 Å². The van der Waals surface area contributed by atoms with Crippen molar-refractivity contribution in [3.8, 4) is 0 Å². The summed E-state index contributed by atoms with van der Waals surface area (Å²) in [6, 6.07) is 7.84. The first kappa shape index (κ1) is 13.1. The molecule has 0 saturated carbocycles. The first-order valence-electron chi connectivity index (χ1n) is 5.57. The van der Waals surface area contributed by atoms with Gasteiger partial charge >= 0.3 is 0 Å². The number of aryl methyl sites for hydroxylation is 1. The third-order valence-electron chi connectivity index (χ3n) is 2.86. The van der Waals surface area contributed by atoms with Crippen molar-refractivity contribution in [2.45, 2.75) is 20.4 Å². The molecule has 1 aromatic heterocycles. The fourth-order valence-corrected chi connectivity index (χ4v) is 2.05. The molecule has 2 N–H and O–H groups in total. The van der Waals surface area contributed by atoms with Crippen LogP contribution in [0.1, 0.15) is 22.5 Å². The maximum Gasteiger partial charge on any atom is 0.103 e. The molecule has 0 unspecified atom stereocenters. The van der Waals surface area contributed by atoms with Crippen molar-refractivity contribution >= 4 is 28.8 Å². The lowest BCUT2D eigenvalue weighted by atomic mass is 10.1. The summed E-state index contributed by atoms with van der Waals surface area (Å²) in [6.07, 6.45) is 0. The van der Waals surface area contributed by atoms with Gasteiger partial charge in [0, 0.05) is 5.56 Å². The van der Waals surface area contributed by atoms with E-state index in [0.717, 1.165) is 27.5 Å². The molecule has 0 bridgehead atoms. The Hall–Kier alpha value is -1.39. The molecule has 0 fully saturated rings. The number of nitrogens with two attached hydrogens (primary N) is 1. The Bertz CT molecular complexity index is 587. The summed E-state index contributed by atoms with van der Waals surface area (Å²) in [7, 11) is 0. The maximum absolute atomic E-state index is 6.11. The van der Waals surface area contributed by atoms with Crippen LogP contribution in [0.2, 0.25) is 5.02 Å². The number of aromatic nitrogens is 2. The summed E-state index contributed by atoms with van der Waals surface area (Å²) >= 11 is 11.0. The van der Waals surface area contributed by atoms with Crippen LogP contribution in [0.25, 0.3) is 0 Å². The highest BCUT2D eigenvalue weighted by Gasteiger charge is 2.09. The second-order valence-electron chi connectivity index (χ2n) is 4.20. The number of halogens is 1. The summed E-state index contributed by atoms with van der Waals surface area (Å²) < 4.78 is 1.90. The zero-order chi connectivity index (χ0) is 13.3. The number of hydrogen-bond acceptors (Lipinski definition) is 2. The van der Waals surface area contributed by atoms with Crippen LogP contribution in [0, 0.1) is 13.8 Å². The highest BCUT2D eigenvalue weighted by molar-refractivity contribution is 7.80. The third kappa shape index (κ3) is 2.54. The monoisotopic (exact) mass is 279 g/mol.